The van der Waals surface area contributed by atoms with E-state index < -0.39 is 0 Å². The van der Waals surface area contributed by atoms with Crippen molar-refractivity contribution in [1.82, 2.24) is 20.3 Å². The number of methoxy groups -OCH3 is 2. The molecule has 2 aromatic heterocycles. The lowest BCUT2D eigenvalue weighted by atomic mass is 10.0. The fourth-order valence-corrected chi connectivity index (χ4v) is 4.01. The summed E-state index contributed by atoms with van der Waals surface area (Å²) in [6.07, 6.45) is 3.32. The lowest BCUT2D eigenvalue weighted by Crippen LogP contribution is -2.54. The molecular weight excluding hydrogens is 396 g/mol. The monoisotopic (exact) mass is 422 g/mol. The van der Waals surface area contributed by atoms with E-state index in [0.717, 1.165) is 24.2 Å². The highest BCUT2D eigenvalue weighted by Gasteiger charge is 2.25. The first-order valence-electron chi connectivity index (χ1n) is 10.1. The minimum absolute atomic E-state index is 0.208. The third kappa shape index (κ3) is 4.22. The number of ether oxygens (including phenoxy) is 2. The molecule has 2 atom stereocenters. The van der Waals surface area contributed by atoms with Crippen molar-refractivity contribution in [3.8, 4) is 11.9 Å². The number of nitrogens with zero attached hydrogens (tertiary/aromatic N) is 4. The maximum Gasteiger partial charge on any atom is 0.316 e. The molecule has 31 heavy (non-hydrogen) atoms. The van der Waals surface area contributed by atoms with Crippen LogP contribution in [0.1, 0.15) is 24.2 Å². The summed E-state index contributed by atoms with van der Waals surface area (Å²) in [5.41, 5.74) is 2.43. The van der Waals surface area contributed by atoms with Crippen LogP contribution in [0.5, 0.6) is 11.9 Å². The van der Waals surface area contributed by atoms with E-state index in [9.17, 15) is 4.79 Å². The molecule has 0 unspecified atom stereocenters. The number of rotatable bonds is 5. The molecule has 0 radical (unpaired) electrons. The fourth-order valence-electron chi connectivity index (χ4n) is 4.01. The van der Waals surface area contributed by atoms with Crippen LogP contribution in [0.25, 0.3) is 10.9 Å². The Bertz CT molecular complexity index is 1100. The molecule has 3 heterocycles. The molecular formula is C22H26N6O3. The van der Waals surface area contributed by atoms with Gasteiger partial charge in [-0.1, -0.05) is 0 Å². The molecule has 9 nitrogen and oxygen atoms in total. The smallest absolute Gasteiger partial charge is 0.316 e. The van der Waals surface area contributed by atoms with Gasteiger partial charge in [0.25, 0.3) is 5.91 Å². The summed E-state index contributed by atoms with van der Waals surface area (Å²) in [6, 6.07) is 8.12. The number of carbonyl (C=O) groups excluding carboxylic acids is 1. The zero-order valence-electron chi connectivity index (χ0n) is 18.0. The summed E-state index contributed by atoms with van der Waals surface area (Å²) in [5.74, 6) is 0.0263. The van der Waals surface area contributed by atoms with E-state index in [0.29, 0.717) is 34.7 Å². The van der Waals surface area contributed by atoms with Gasteiger partial charge in [0.15, 0.2) is 0 Å². The Morgan fingerprint density at radius 3 is 2.61 bits per heavy atom. The molecule has 3 aromatic rings. The Morgan fingerprint density at radius 2 is 1.90 bits per heavy atom. The van der Waals surface area contributed by atoms with Gasteiger partial charge in [-0.3, -0.25) is 4.79 Å². The highest BCUT2D eigenvalue weighted by atomic mass is 16.5. The number of carbonyl (C=O) groups is 1. The summed E-state index contributed by atoms with van der Waals surface area (Å²) in [4.78, 5) is 28.4. The van der Waals surface area contributed by atoms with Crippen molar-refractivity contribution in [3.63, 3.8) is 0 Å². The molecule has 2 N–H and O–H groups in total. The quantitative estimate of drug-likeness (QED) is 0.647. The SMILES string of the molecule is COc1ncc2c(N3C[C@H](C)N[C@@H](C)C3)ccc(C(=O)Nc3cccnc3OC)c2n1. The summed E-state index contributed by atoms with van der Waals surface area (Å²) in [7, 11) is 3.01. The summed E-state index contributed by atoms with van der Waals surface area (Å²) >= 11 is 0. The molecule has 0 aliphatic carbocycles. The van der Waals surface area contributed by atoms with Gasteiger partial charge in [0.05, 0.1) is 25.3 Å². The predicted molar refractivity (Wildman–Crippen MR) is 119 cm³/mol. The first-order valence-corrected chi connectivity index (χ1v) is 10.1. The van der Waals surface area contributed by atoms with Crippen molar-refractivity contribution in [2.75, 3.05) is 37.5 Å². The average molecular weight is 422 g/mol. The molecule has 4 rings (SSSR count). The Balaban J connectivity index is 1.76. The van der Waals surface area contributed by atoms with Crippen LogP contribution < -0.4 is 25.0 Å². The van der Waals surface area contributed by atoms with Crippen molar-refractivity contribution in [2.24, 2.45) is 0 Å². The summed E-state index contributed by atoms with van der Waals surface area (Å²) in [6.45, 7) is 6.02. The van der Waals surface area contributed by atoms with E-state index in [1.807, 2.05) is 6.07 Å². The number of aromatic nitrogens is 3. The van der Waals surface area contributed by atoms with Gasteiger partial charge in [-0.05, 0) is 38.1 Å². The molecule has 1 aliphatic heterocycles. The van der Waals surface area contributed by atoms with Crippen LogP contribution >= 0.6 is 0 Å². The van der Waals surface area contributed by atoms with E-state index >= 15 is 0 Å². The van der Waals surface area contributed by atoms with Crippen LogP contribution in [0.3, 0.4) is 0 Å². The Kier molecular flexibility index (Phi) is 5.85. The lowest BCUT2D eigenvalue weighted by molar-refractivity contribution is 0.102. The van der Waals surface area contributed by atoms with Crippen molar-refractivity contribution < 1.29 is 14.3 Å². The van der Waals surface area contributed by atoms with E-state index in [1.165, 1.54) is 14.2 Å². The number of piperazine rings is 1. The maximum absolute atomic E-state index is 13.2. The highest BCUT2D eigenvalue weighted by Crippen LogP contribution is 2.31. The molecule has 1 aliphatic rings. The number of amides is 1. The molecule has 1 saturated heterocycles. The lowest BCUT2D eigenvalue weighted by Gasteiger charge is -2.38. The molecule has 1 fully saturated rings. The van der Waals surface area contributed by atoms with Crippen LogP contribution in [0.15, 0.2) is 36.7 Å². The standard InChI is InChI=1S/C22H26N6O3/c1-13-11-28(12-14(2)25-13)18-8-7-15(19-16(18)10-24-22(27-19)31-4)20(29)26-17-6-5-9-23-21(17)30-3/h5-10,13-14,25H,11-12H2,1-4H3,(H,26,29)/t13-,14-/m0/s1. The molecule has 1 amide bonds. The molecule has 0 spiro atoms. The van der Waals surface area contributed by atoms with Gasteiger partial charge in [0.1, 0.15) is 5.69 Å². The molecule has 0 bridgehead atoms. The molecule has 1 aromatic carbocycles. The van der Waals surface area contributed by atoms with Gasteiger partial charge in [0.2, 0.25) is 5.88 Å². The van der Waals surface area contributed by atoms with E-state index in [4.69, 9.17) is 9.47 Å². The second-order valence-corrected chi connectivity index (χ2v) is 7.64. The topological polar surface area (TPSA) is 102 Å². The van der Waals surface area contributed by atoms with Crippen molar-refractivity contribution in [3.05, 3.63) is 42.2 Å². The van der Waals surface area contributed by atoms with Gasteiger partial charge in [0, 0.05) is 48.6 Å². The Hall–Kier alpha value is -3.46. The van der Waals surface area contributed by atoms with Crippen LogP contribution in [0.2, 0.25) is 0 Å². The number of pyridine rings is 1. The van der Waals surface area contributed by atoms with Gasteiger partial charge in [-0.2, -0.15) is 4.98 Å². The molecule has 162 valence electrons. The maximum atomic E-state index is 13.2. The van der Waals surface area contributed by atoms with E-state index in [-0.39, 0.29) is 11.9 Å². The number of nitrogens with one attached hydrogen (secondary N) is 2. The van der Waals surface area contributed by atoms with Crippen molar-refractivity contribution in [2.45, 2.75) is 25.9 Å². The normalized spacial score (nSPS) is 18.6. The number of anilines is 2. The second kappa shape index (κ2) is 8.73. The van der Waals surface area contributed by atoms with Crippen LogP contribution in [-0.2, 0) is 0 Å². The van der Waals surface area contributed by atoms with Gasteiger partial charge >= 0.3 is 6.01 Å². The molecule has 0 saturated carbocycles. The predicted octanol–water partition coefficient (Wildman–Crippen LogP) is 2.48. The van der Waals surface area contributed by atoms with Gasteiger partial charge in [-0.25, -0.2) is 9.97 Å². The van der Waals surface area contributed by atoms with Crippen LogP contribution in [-0.4, -0.2) is 60.3 Å². The number of benzene rings is 1. The second-order valence-electron chi connectivity index (χ2n) is 7.64. The van der Waals surface area contributed by atoms with Crippen molar-refractivity contribution >= 4 is 28.2 Å². The number of fused-ring (bicyclic) bond motifs is 1. The van der Waals surface area contributed by atoms with Crippen molar-refractivity contribution in [1.29, 1.82) is 0 Å². The van der Waals surface area contributed by atoms with E-state index in [1.54, 1.807) is 30.6 Å². The first kappa shape index (κ1) is 20.8. The average Bonchev–Trinajstić information content (AvgIpc) is 2.77. The van der Waals surface area contributed by atoms with Gasteiger partial charge < -0.3 is 25.0 Å². The fraction of sp³-hybridized carbons (Fsp3) is 0.364. The van der Waals surface area contributed by atoms with Gasteiger partial charge in [-0.15, -0.1) is 0 Å². The third-order valence-corrected chi connectivity index (χ3v) is 5.24. The summed E-state index contributed by atoms with van der Waals surface area (Å²) < 4.78 is 10.5. The van der Waals surface area contributed by atoms with E-state index in [2.05, 4.69) is 44.3 Å². The minimum Gasteiger partial charge on any atom is -0.480 e. The number of hydrogen-bond donors (Lipinski definition) is 2. The Morgan fingerprint density at radius 1 is 1.13 bits per heavy atom. The largest absolute Gasteiger partial charge is 0.480 e. The number of hydrogen-bond acceptors (Lipinski definition) is 8. The minimum atomic E-state index is -0.314. The third-order valence-electron chi connectivity index (χ3n) is 5.24. The first-order chi connectivity index (χ1) is 15.0. The highest BCUT2D eigenvalue weighted by molar-refractivity contribution is 6.14. The zero-order chi connectivity index (χ0) is 22.0. The zero-order valence-corrected chi connectivity index (χ0v) is 18.0. The Labute approximate surface area is 180 Å². The molecule has 9 heteroatoms. The summed E-state index contributed by atoms with van der Waals surface area (Å²) in [5, 5.41) is 7.21. The van der Waals surface area contributed by atoms with Crippen LogP contribution in [0, 0.1) is 0 Å². The van der Waals surface area contributed by atoms with Crippen LogP contribution in [0.4, 0.5) is 11.4 Å².